The van der Waals surface area contributed by atoms with Crippen LogP contribution in [0.3, 0.4) is 0 Å². The molecule has 2 rings (SSSR count). The van der Waals surface area contributed by atoms with Gasteiger partial charge in [0.1, 0.15) is 0 Å². The molecular formula is C11H12ClF4N. The molecule has 1 saturated carbocycles. The molecule has 0 aliphatic heterocycles. The first kappa shape index (κ1) is 14.3. The lowest BCUT2D eigenvalue weighted by Crippen LogP contribution is -2.29. The van der Waals surface area contributed by atoms with Crippen molar-refractivity contribution in [3.63, 3.8) is 0 Å². The van der Waals surface area contributed by atoms with Crippen molar-refractivity contribution in [3.05, 3.63) is 34.9 Å². The maximum absolute atomic E-state index is 13.4. The zero-order chi connectivity index (χ0) is 11.9. The van der Waals surface area contributed by atoms with Gasteiger partial charge >= 0.3 is 0 Å². The van der Waals surface area contributed by atoms with E-state index in [1.54, 1.807) is 0 Å². The first-order valence-electron chi connectivity index (χ1n) is 5.11. The third-order valence-corrected chi connectivity index (χ3v) is 3.14. The fourth-order valence-electron chi connectivity index (χ4n) is 1.92. The Morgan fingerprint density at radius 1 is 1.06 bits per heavy atom. The van der Waals surface area contributed by atoms with Crippen LogP contribution < -0.4 is 5.73 Å². The quantitative estimate of drug-likeness (QED) is 0.646. The van der Waals surface area contributed by atoms with E-state index in [2.05, 4.69) is 0 Å². The Morgan fingerprint density at radius 2 is 1.53 bits per heavy atom. The van der Waals surface area contributed by atoms with E-state index in [1.165, 1.54) is 0 Å². The number of hydrogen-bond donors (Lipinski definition) is 1. The SMILES string of the molecule is Cl.N[C@H](c1c(F)c(F)cc(F)c1F)C1CCC1. The molecule has 2 N–H and O–H groups in total. The van der Waals surface area contributed by atoms with E-state index < -0.39 is 34.9 Å². The van der Waals surface area contributed by atoms with Gasteiger partial charge in [0.15, 0.2) is 23.3 Å². The highest BCUT2D eigenvalue weighted by molar-refractivity contribution is 5.85. The van der Waals surface area contributed by atoms with Crippen LogP contribution in [-0.2, 0) is 0 Å². The Labute approximate surface area is 102 Å². The van der Waals surface area contributed by atoms with Gasteiger partial charge in [-0.3, -0.25) is 0 Å². The Bertz CT molecular complexity index is 394. The van der Waals surface area contributed by atoms with Gasteiger partial charge in [-0.15, -0.1) is 12.4 Å². The average Bonchev–Trinajstić information content (AvgIpc) is 2.12. The summed E-state index contributed by atoms with van der Waals surface area (Å²) < 4.78 is 52.6. The number of rotatable bonds is 2. The molecule has 0 saturated heterocycles. The zero-order valence-electron chi connectivity index (χ0n) is 8.85. The molecule has 1 nitrogen and oxygen atoms in total. The van der Waals surface area contributed by atoms with Crippen LogP contribution in [0.15, 0.2) is 6.07 Å². The van der Waals surface area contributed by atoms with Gasteiger partial charge < -0.3 is 5.73 Å². The van der Waals surface area contributed by atoms with Gasteiger partial charge in [0.2, 0.25) is 0 Å². The summed E-state index contributed by atoms with van der Waals surface area (Å²) in [7, 11) is 0. The van der Waals surface area contributed by atoms with E-state index in [0.717, 1.165) is 19.3 Å². The molecule has 17 heavy (non-hydrogen) atoms. The lowest BCUT2D eigenvalue weighted by molar-refractivity contribution is 0.252. The van der Waals surface area contributed by atoms with Crippen LogP contribution in [0.2, 0.25) is 0 Å². The predicted octanol–water partition coefficient (Wildman–Crippen LogP) is 3.46. The molecule has 0 amide bonds. The van der Waals surface area contributed by atoms with E-state index >= 15 is 0 Å². The smallest absolute Gasteiger partial charge is 0.166 e. The topological polar surface area (TPSA) is 26.0 Å². The molecule has 1 aliphatic rings. The molecule has 0 heterocycles. The zero-order valence-corrected chi connectivity index (χ0v) is 9.67. The molecule has 0 spiro atoms. The van der Waals surface area contributed by atoms with Gasteiger partial charge in [0.05, 0.1) is 0 Å². The van der Waals surface area contributed by atoms with E-state index in [4.69, 9.17) is 5.73 Å². The maximum atomic E-state index is 13.4. The monoisotopic (exact) mass is 269 g/mol. The third-order valence-electron chi connectivity index (χ3n) is 3.14. The van der Waals surface area contributed by atoms with Crippen molar-refractivity contribution in [2.45, 2.75) is 25.3 Å². The Hall–Kier alpha value is -0.810. The second-order valence-corrected chi connectivity index (χ2v) is 4.10. The van der Waals surface area contributed by atoms with Gasteiger partial charge in [0.25, 0.3) is 0 Å². The van der Waals surface area contributed by atoms with Crippen molar-refractivity contribution in [1.29, 1.82) is 0 Å². The highest BCUT2D eigenvalue weighted by atomic mass is 35.5. The third kappa shape index (κ3) is 2.40. The van der Waals surface area contributed by atoms with Crippen LogP contribution in [-0.4, -0.2) is 0 Å². The summed E-state index contributed by atoms with van der Waals surface area (Å²) in [4.78, 5) is 0. The summed E-state index contributed by atoms with van der Waals surface area (Å²) >= 11 is 0. The molecule has 96 valence electrons. The van der Waals surface area contributed by atoms with Crippen molar-refractivity contribution in [1.82, 2.24) is 0 Å². The molecule has 1 aromatic rings. The molecule has 0 unspecified atom stereocenters. The van der Waals surface area contributed by atoms with Crippen molar-refractivity contribution < 1.29 is 17.6 Å². The lowest BCUT2D eigenvalue weighted by Gasteiger charge is -2.31. The van der Waals surface area contributed by atoms with Crippen LogP contribution in [0.25, 0.3) is 0 Å². The Kier molecular flexibility index (Phi) is 4.38. The van der Waals surface area contributed by atoms with E-state index in [9.17, 15) is 17.6 Å². The summed E-state index contributed by atoms with van der Waals surface area (Å²) in [5, 5.41) is 0. The molecule has 0 aromatic heterocycles. The van der Waals surface area contributed by atoms with Crippen LogP contribution in [0.5, 0.6) is 0 Å². The summed E-state index contributed by atoms with van der Waals surface area (Å²) in [5.41, 5.74) is 4.96. The van der Waals surface area contributed by atoms with Gasteiger partial charge in [-0.1, -0.05) is 6.42 Å². The number of benzene rings is 1. The summed E-state index contributed by atoms with van der Waals surface area (Å²) in [6, 6.07) is -0.777. The number of hydrogen-bond acceptors (Lipinski definition) is 1. The van der Waals surface area contributed by atoms with E-state index in [-0.39, 0.29) is 24.4 Å². The van der Waals surface area contributed by atoms with Gasteiger partial charge in [-0.2, -0.15) is 0 Å². The fourth-order valence-corrected chi connectivity index (χ4v) is 1.92. The average molecular weight is 270 g/mol. The standard InChI is InChI=1S/C11H11F4N.ClH/c12-6-4-7(13)10(15)8(9(6)14)11(16)5-2-1-3-5;/h4-5,11H,1-3,16H2;1H/t11-;/m0./s1. The second kappa shape index (κ2) is 5.23. The Balaban J connectivity index is 0.00000144. The van der Waals surface area contributed by atoms with Crippen molar-refractivity contribution in [2.75, 3.05) is 0 Å². The number of halogens is 5. The van der Waals surface area contributed by atoms with Crippen LogP contribution in [0.1, 0.15) is 30.9 Å². The van der Waals surface area contributed by atoms with Crippen LogP contribution in [0, 0.1) is 29.2 Å². The van der Waals surface area contributed by atoms with Gasteiger partial charge in [-0.25, -0.2) is 17.6 Å². The molecule has 1 aromatic carbocycles. The normalized spacial score (nSPS) is 17.2. The van der Waals surface area contributed by atoms with E-state index in [1.807, 2.05) is 0 Å². The first-order valence-corrected chi connectivity index (χ1v) is 5.11. The minimum Gasteiger partial charge on any atom is -0.324 e. The second-order valence-electron chi connectivity index (χ2n) is 4.10. The molecule has 1 atom stereocenters. The highest BCUT2D eigenvalue weighted by Crippen LogP contribution is 2.38. The largest absolute Gasteiger partial charge is 0.324 e. The minimum absolute atomic E-state index is 0. The van der Waals surface area contributed by atoms with Crippen LogP contribution in [0.4, 0.5) is 17.6 Å². The molecule has 1 aliphatic carbocycles. The predicted molar refractivity (Wildman–Crippen MR) is 57.8 cm³/mol. The molecule has 0 bridgehead atoms. The minimum atomic E-state index is -1.40. The fraction of sp³-hybridized carbons (Fsp3) is 0.455. The van der Waals surface area contributed by atoms with Crippen LogP contribution >= 0.6 is 12.4 Å². The van der Waals surface area contributed by atoms with E-state index in [0.29, 0.717) is 0 Å². The molecule has 0 radical (unpaired) electrons. The summed E-state index contributed by atoms with van der Waals surface area (Å²) in [6.07, 6.45) is 2.40. The van der Waals surface area contributed by atoms with Gasteiger partial charge in [-0.05, 0) is 18.8 Å². The molecule has 6 heteroatoms. The first-order chi connectivity index (χ1) is 7.52. The highest BCUT2D eigenvalue weighted by Gasteiger charge is 2.32. The maximum Gasteiger partial charge on any atom is 0.166 e. The lowest BCUT2D eigenvalue weighted by atomic mass is 9.77. The van der Waals surface area contributed by atoms with Crippen molar-refractivity contribution in [3.8, 4) is 0 Å². The number of nitrogens with two attached hydrogens (primary N) is 1. The molecular weight excluding hydrogens is 258 g/mol. The summed E-state index contributed by atoms with van der Waals surface area (Å²) in [6.45, 7) is 0. The molecule has 1 fully saturated rings. The van der Waals surface area contributed by atoms with Crippen molar-refractivity contribution >= 4 is 12.4 Å². The Morgan fingerprint density at radius 3 is 1.88 bits per heavy atom. The van der Waals surface area contributed by atoms with Gasteiger partial charge in [0, 0.05) is 17.7 Å². The summed E-state index contributed by atoms with van der Waals surface area (Å²) in [5.74, 6) is -5.64. The van der Waals surface area contributed by atoms with Crippen molar-refractivity contribution in [2.24, 2.45) is 11.7 Å².